The molecule has 0 fully saturated rings. The zero-order valence-corrected chi connectivity index (χ0v) is 17.2. The molecule has 1 atom stereocenters. The number of urea groups is 1. The second kappa shape index (κ2) is 9.54. The van der Waals surface area contributed by atoms with Crippen LogP contribution in [0.25, 0.3) is 10.9 Å². The van der Waals surface area contributed by atoms with Gasteiger partial charge in [-0.1, -0.05) is 26.0 Å². The molecule has 158 valence electrons. The number of nitrogens with two attached hydrogens (primary N) is 1. The van der Waals surface area contributed by atoms with Crippen molar-refractivity contribution in [2.24, 2.45) is 11.7 Å². The van der Waals surface area contributed by atoms with E-state index < -0.39 is 18.0 Å². The molecular formula is C22H23N7O2. The molecule has 5 N–H and O–H groups in total. The minimum absolute atomic E-state index is 0.0361. The number of hydrogen-bond acceptors (Lipinski definition) is 6. The Kier molecular flexibility index (Phi) is 6.62. The molecule has 0 bridgehead atoms. The van der Waals surface area contributed by atoms with Crippen LogP contribution in [0.15, 0.2) is 48.5 Å². The Morgan fingerprint density at radius 3 is 2.45 bits per heavy atom. The molecule has 0 saturated heterocycles. The SMILES string of the molecule is CC(C)[C@H](Nc1nc(CNC(=O)Nc2ccc(C#N)cc2)nc2ccccc12)C(N)=O. The lowest BCUT2D eigenvalue weighted by Crippen LogP contribution is -2.40. The number of carbonyl (C=O) groups excluding carboxylic acids is 2. The highest BCUT2D eigenvalue weighted by atomic mass is 16.2. The maximum Gasteiger partial charge on any atom is 0.319 e. The van der Waals surface area contributed by atoms with Gasteiger partial charge in [0.05, 0.1) is 23.7 Å². The van der Waals surface area contributed by atoms with Crippen LogP contribution in [0.2, 0.25) is 0 Å². The predicted octanol–water partition coefficient (Wildman–Crippen LogP) is 2.74. The van der Waals surface area contributed by atoms with Gasteiger partial charge in [0.15, 0.2) is 5.82 Å². The van der Waals surface area contributed by atoms with E-state index in [1.165, 1.54) is 0 Å². The van der Waals surface area contributed by atoms with Gasteiger partial charge in [-0.25, -0.2) is 14.8 Å². The number of hydrogen-bond donors (Lipinski definition) is 4. The monoisotopic (exact) mass is 417 g/mol. The summed E-state index contributed by atoms with van der Waals surface area (Å²) in [6, 6.07) is 14.9. The second-order valence-corrected chi connectivity index (χ2v) is 7.27. The molecule has 0 unspecified atom stereocenters. The Bertz CT molecular complexity index is 1140. The number of nitrogens with zero attached hydrogens (tertiary/aromatic N) is 3. The first-order valence-electron chi connectivity index (χ1n) is 9.74. The Morgan fingerprint density at radius 1 is 1.10 bits per heavy atom. The fourth-order valence-electron chi connectivity index (χ4n) is 2.99. The number of carbonyl (C=O) groups is 2. The average Bonchev–Trinajstić information content (AvgIpc) is 2.76. The minimum atomic E-state index is -0.598. The van der Waals surface area contributed by atoms with Crippen molar-refractivity contribution in [3.8, 4) is 6.07 Å². The summed E-state index contributed by atoms with van der Waals surface area (Å²) in [5.41, 5.74) is 7.27. The smallest absolute Gasteiger partial charge is 0.319 e. The molecule has 1 heterocycles. The number of rotatable bonds is 7. The van der Waals surface area contributed by atoms with E-state index in [1.54, 1.807) is 24.3 Å². The molecule has 31 heavy (non-hydrogen) atoms. The summed E-state index contributed by atoms with van der Waals surface area (Å²) >= 11 is 0. The number of nitriles is 1. The summed E-state index contributed by atoms with van der Waals surface area (Å²) in [6.45, 7) is 3.86. The van der Waals surface area contributed by atoms with Crippen LogP contribution in [0.4, 0.5) is 16.3 Å². The lowest BCUT2D eigenvalue weighted by atomic mass is 10.0. The molecule has 3 rings (SSSR count). The van der Waals surface area contributed by atoms with Crippen molar-refractivity contribution in [1.29, 1.82) is 5.26 Å². The Morgan fingerprint density at radius 2 is 1.81 bits per heavy atom. The molecule has 0 saturated carbocycles. The zero-order chi connectivity index (χ0) is 22.4. The van der Waals surface area contributed by atoms with Crippen LogP contribution < -0.4 is 21.7 Å². The van der Waals surface area contributed by atoms with Crippen molar-refractivity contribution >= 4 is 34.3 Å². The molecule has 2 aromatic carbocycles. The topological polar surface area (TPSA) is 146 Å². The lowest BCUT2D eigenvalue weighted by molar-refractivity contribution is -0.119. The summed E-state index contributed by atoms with van der Waals surface area (Å²) in [5, 5.41) is 18.1. The van der Waals surface area contributed by atoms with Crippen LogP contribution in [-0.4, -0.2) is 27.9 Å². The molecule has 0 aliphatic rings. The van der Waals surface area contributed by atoms with E-state index in [0.717, 1.165) is 5.39 Å². The largest absolute Gasteiger partial charge is 0.368 e. The fourth-order valence-corrected chi connectivity index (χ4v) is 2.99. The number of para-hydroxylation sites is 1. The van der Waals surface area contributed by atoms with Gasteiger partial charge in [-0.05, 0) is 42.3 Å². The van der Waals surface area contributed by atoms with Crippen LogP contribution in [0.1, 0.15) is 25.2 Å². The number of aromatic nitrogens is 2. The number of primary amides is 1. The first-order valence-corrected chi connectivity index (χ1v) is 9.74. The summed E-state index contributed by atoms with van der Waals surface area (Å²) in [4.78, 5) is 33.0. The van der Waals surface area contributed by atoms with Gasteiger partial charge in [0.1, 0.15) is 11.9 Å². The normalized spacial score (nSPS) is 11.5. The zero-order valence-electron chi connectivity index (χ0n) is 17.2. The molecule has 1 aromatic heterocycles. The number of nitrogens with one attached hydrogen (secondary N) is 3. The maximum atomic E-state index is 12.2. The van der Waals surface area contributed by atoms with Gasteiger partial charge in [-0.2, -0.15) is 5.26 Å². The van der Waals surface area contributed by atoms with Gasteiger partial charge < -0.3 is 21.7 Å². The average molecular weight is 417 g/mol. The summed E-state index contributed by atoms with van der Waals surface area (Å²) in [6.07, 6.45) is 0. The third-order valence-corrected chi connectivity index (χ3v) is 4.59. The van der Waals surface area contributed by atoms with E-state index in [2.05, 4.69) is 25.9 Å². The van der Waals surface area contributed by atoms with E-state index >= 15 is 0 Å². The highest BCUT2D eigenvalue weighted by Gasteiger charge is 2.21. The fraction of sp³-hybridized carbons (Fsp3) is 0.227. The molecule has 3 amide bonds. The molecule has 0 spiro atoms. The van der Waals surface area contributed by atoms with Crippen molar-refractivity contribution in [1.82, 2.24) is 15.3 Å². The van der Waals surface area contributed by atoms with E-state index in [0.29, 0.717) is 28.4 Å². The van der Waals surface area contributed by atoms with Crippen LogP contribution in [0, 0.1) is 17.2 Å². The Balaban J connectivity index is 1.76. The molecule has 0 radical (unpaired) electrons. The lowest BCUT2D eigenvalue weighted by Gasteiger charge is -2.21. The van der Waals surface area contributed by atoms with Crippen LogP contribution in [-0.2, 0) is 11.3 Å². The van der Waals surface area contributed by atoms with E-state index in [4.69, 9.17) is 11.0 Å². The minimum Gasteiger partial charge on any atom is -0.368 e. The Labute approximate surface area is 179 Å². The van der Waals surface area contributed by atoms with Crippen LogP contribution in [0.5, 0.6) is 0 Å². The highest BCUT2D eigenvalue weighted by Crippen LogP contribution is 2.22. The molecular weight excluding hydrogens is 394 g/mol. The van der Waals surface area contributed by atoms with E-state index in [9.17, 15) is 9.59 Å². The van der Waals surface area contributed by atoms with Crippen molar-refractivity contribution < 1.29 is 9.59 Å². The van der Waals surface area contributed by atoms with Gasteiger partial charge in [0.25, 0.3) is 0 Å². The van der Waals surface area contributed by atoms with E-state index in [1.807, 2.05) is 44.2 Å². The van der Waals surface area contributed by atoms with Crippen molar-refractivity contribution in [2.45, 2.75) is 26.4 Å². The van der Waals surface area contributed by atoms with Crippen molar-refractivity contribution in [2.75, 3.05) is 10.6 Å². The molecule has 3 aromatic rings. The quantitative estimate of drug-likeness (QED) is 0.465. The third kappa shape index (κ3) is 5.45. The molecule has 0 aliphatic carbocycles. The maximum absolute atomic E-state index is 12.2. The summed E-state index contributed by atoms with van der Waals surface area (Å²) in [7, 11) is 0. The predicted molar refractivity (Wildman–Crippen MR) is 118 cm³/mol. The molecule has 9 heteroatoms. The number of fused-ring (bicyclic) bond motifs is 1. The first kappa shape index (κ1) is 21.5. The Hall–Kier alpha value is -4.19. The van der Waals surface area contributed by atoms with Gasteiger partial charge >= 0.3 is 6.03 Å². The van der Waals surface area contributed by atoms with E-state index in [-0.39, 0.29) is 12.5 Å². The number of anilines is 2. The first-order chi connectivity index (χ1) is 14.9. The standard InChI is InChI=1S/C22H23N7O2/c1-13(2)19(20(24)30)29-21-16-5-3-4-6-17(16)27-18(28-21)12-25-22(31)26-15-9-7-14(11-23)8-10-15/h3-10,13,19H,12H2,1-2H3,(H2,24,30)(H2,25,26,31)(H,27,28,29)/t19-/m0/s1. The number of amides is 3. The van der Waals surface area contributed by atoms with Crippen molar-refractivity contribution in [3.63, 3.8) is 0 Å². The van der Waals surface area contributed by atoms with Gasteiger partial charge in [0, 0.05) is 11.1 Å². The number of benzene rings is 2. The molecule has 9 nitrogen and oxygen atoms in total. The third-order valence-electron chi connectivity index (χ3n) is 4.59. The molecule has 0 aliphatic heterocycles. The second-order valence-electron chi connectivity index (χ2n) is 7.27. The summed E-state index contributed by atoms with van der Waals surface area (Å²) in [5.74, 6) is 0.348. The van der Waals surface area contributed by atoms with Gasteiger partial charge in [-0.15, -0.1) is 0 Å². The van der Waals surface area contributed by atoms with Crippen LogP contribution >= 0.6 is 0 Å². The summed E-state index contributed by atoms with van der Waals surface area (Å²) < 4.78 is 0. The highest BCUT2D eigenvalue weighted by molar-refractivity contribution is 5.92. The van der Waals surface area contributed by atoms with Gasteiger partial charge in [-0.3, -0.25) is 4.79 Å². The van der Waals surface area contributed by atoms with Crippen molar-refractivity contribution in [3.05, 3.63) is 59.9 Å². The van der Waals surface area contributed by atoms with Gasteiger partial charge in [0.2, 0.25) is 5.91 Å². The van der Waals surface area contributed by atoms with Crippen LogP contribution in [0.3, 0.4) is 0 Å².